The number of piperazine rings is 1. The van der Waals surface area contributed by atoms with E-state index in [0.29, 0.717) is 17.7 Å². The van der Waals surface area contributed by atoms with Gasteiger partial charge in [-0.05, 0) is 24.8 Å². The van der Waals surface area contributed by atoms with E-state index in [1.807, 2.05) is 20.8 Å². The topological polar surface area (TPSA) is 23.6 Å². The van der Waals surface area contributed by atoms with Gasteiger partial charge in [0, 0.05) is 31.6 Å². The van der Waals surface area contributed by atoms with Gasteiger partial charge in [0.15, 0.2) is 5.78 Å². The Morgan fingerprint density at radius 2 is 1.40 bits per heavy atom. The first-order chi connectivity index (χ1) is 9.08. The molecule has 3 heteroatoms. The van der Waals surface area contributed by atoms with Crippen LogP contribution in [0.4, 0.5) is 0 Å². The van der Waals surface area contributed by atoms with Crippen molar-refractivity contribution in [1.82, 2.24) is 9.80 Å². The molecule has 3 nitrogen and oxygen atoms in total. The molecular formula is C17H34N2O. The van der Waals surface area contributed by atoms with Gasteiger partial charge in [0.1, 0.15) is 0 Å². The van der Waals surface area contributed by atoms with Crippen LogP contribution in [0.3, 0.4) is 0 Å². The van der Waals surface area contributed by atoms with E-state index in [1.165, 1.54) is 19.4 Å². The first-order valence-electron chi connectivity index (χ1n) is 8.06. The molecule has 0 unspecified atom stereocenters. The highest BCUT2D eigenvalue weighted by atomic mass is 16.1. The van der Waals surface area contributed by atoms with Crippen molar-refractivity contribution in [1.29, 1.82) is 0 Å². The van der Waals surface area contributed by atoms with Gasteiger partial charge >= 0.3 is 0 Å². The summed E-state index contributed by atoms with van der Waals surface area (Å²) in [7, 11) is 0. The molecule has 0 aliphatic carbocycles. The molecule has 1 aliphatic rings. The van der Waals surface area contributed by atoms with Gasteiger partial charge in [0.2, 0.25) is 0 Å². The van der Waals surface area contributed by atoms with E-state index in [2.05, 4.69) is 30.6 Å². The summed E-state index contributed by atoms with van der Waals surface area (Å²) < 4.78 is 0. The molecular weight excluding hydrogens is 248 g/mol. The Balaban J connectivity index is 2.22. The molecule has 1 fully saturated rings. The number of rotatable bonds is 5. The van der Waals surface area contributed by atoms with Gasteiger partial charge in [-0.3, -0.25) is 9.69 Å². The molecule has 118 valence electrons. The largest absolute Gasteiger partial charge is 0.301 e. The van der Waals surface area contributed by atoms with Crippen LogP contribution in [0.2, 0.25) is 0 Å². The Labute approximate surface area is 125 Å². The van der Waals surface area contributed by atoms with Crippen LogP contribution in [0.5, 0.6) is 0 Å². The standard InChI is InChI=1S/C17H34N2O/c1-16(2,3)8-7-9-18-10-12-19(13-11-18)14-15(20)17(4,5)6/h7-14H2,1-6H3. The normalized spacial score (nSPS) is 19.3. The molecule has 0 radical (unpaired) electrons. The van der Waals surface area contributed by atoms with Gasteiger partial charge in [-0.25, -0.2) is 0 Å². The van der Waals surface area contributed by atoms with Crippen molar-refractivity contribution >= 4 is 5.78 Å². The molecule has 1 rings (SSSR count). The fourth-order valence-electron chi connectivity index (χ4n) is 2.44. The van der Waals surface area contributed by atoms with E-state index in [1.54, 1.807) is 0 Å². The fraction of sp³-hybridized carbons (Fsp3) is 0.941. The Morgan fingerprint density at radius 3 is 1.85 bits per heavy atom. The summed E-state index contributed by atoms with van der Waals surface area (Å²) in [6, 6.07) is 0. The summed E-state index contributed by atoms with van der Waals surface area (Å²) in [5.41, 5.74) is 0.241. The minimum atomic E-state index is -0.205. The van der Waals surface area contributed by atoms with Crippen molar-refractivity contribution in [3.05, 3.63) is 0 Å². The second kappa shape index (κ2) is 7.04. The molecule has 0 N–H and O–H groups in total. The van der Waals surface area contributed by atoms with Crippen LogP contribution in [0.25, 0.3) is 0 Å². The van der Waals surface area contributed by atoms with Gasteiger partial charge in [-0.2, -0.15) is 0 Å². The second-order valence-corrected chi connectivity index (χ2v) is 8.46. The number of ketones is 1. The summed E-state index contributed by atoms with van der Waals surface area (Å²) in [4.78, 5) is 16.9. The Bertz CT molecular complexity index is 304. The zero-order valence-corrected chi connectivity index (χ0v) is 14.5. The highest BCUT2D eigenvalue weighted by Gasteiger charge is 2.25. The molecule has 0 saturated carbocycles. The maximum Gasteiger partial charge on any atom is 0.152 e. The third-order valence-electron chi connectivity index (χ3n) is 4.07. The Morgan fingerprint density at radius 1 is 0.900 bits per heavy atom. The van der Waals surface area contributed by atoms with E-state index in [-0.39, 0.29) is 5.41 Å². The Hall–Kier alpha value is -0.410. The molecule has 1 aliphatic heterocycles. The van der Waals surface area contributed by atoms with E-state index in [4.69, 9.17) is 0 Å². The van der Waals surface area contributed by atoms with Crippen LogP contribution in [0.15, 0.2) is 0 Å². The average Bonchev–Trinajstić information content (AvgIpc) is 2.28. The number of hydrogen-bond acceptors (Lipinski definition) is 3. The smallest absolute Gasteiger partial charge is 0.152 e. The van der Waals surface area contributed by atoms with Crippen molar-refractivity contribution in [2.24, 2.45) is 10.8 Å². The van der Waals surface area contributed by atoms with Gasteiger partial charge in [-0.1, -0.05) is 41.5 Å². The highest BCUT2D eigenvalue weighted by molar-refractivity contribution is 5.85. The van der Waals surface area contributed by atoms with Gasteiger partial charge in [0.25, 0.3) is 0 Å². The lowest BCUT2D eigenvalue weighted by Gasteiger charge is -2.35. The van der Waals surface area contributed by atoms with Crippen LogP contribution in [0.1, 0.15) is 54.4 Å². The molecule has 1 heterocycles. The number of carbonyl (C=O) groups excluding carboxylic acids is 1. The molecule has 0 aromatic rings. The summed E-state index contributed by atoms with van der Waals surface area (Å²) in [6.07, 6.45) is 2.57. The zero-order valence-electron chi connectivity index (χ0n) is 14.5. The summed E-state index contributed by atoms with van der Waals surface area (Å²) in [6.45, 7) is 19.1. The van der Waals surface area contributed by atoms with Crippen LogP contribution >= 0.6 is 0 Å². The maximum atomic E-state index is 12.0. The lowest BCUT2D eigenvalue weighted by atomic mass is 9.90. The van der Waals surface area contributed by atoms with Crippen molar-refractivity contribution in [3.8, 4) is 0 Å². The van der Waals surface area contributed by atoms with E-state index < -0.39 is 0 Å². The second-order valence-electron chi connectivity index (χ2n) is 8.46. The van der Waals surface area contributed by atoms with E-state index >= 15 is 0 Å². The number of carbonyl (C=O) groups is 1. The quantitative estimate of drug-likeness (QED) is 0.774. The minimum Gasteiger partial charge on any atom is -0.301 e. The third kappa shape index (κ3) is 6.85. The van der Waals surface area contributed by atoms with Crippen molar-refractivity contribution in [2.75, 3.05) is 39.3 Å². The lowest BCUT2D eigenvalue weighted by Crippen LogP contribution is -2.49. The summed E-state index contributed by atoms with van der Waals surface area (Å²) >= 11 is 0. The number of Topliss-reactive ketones (excluding diaryl/α,β-unsaturated/α-hetero) is 1. The third-order valence-corrected chi connectivity index (χ3v) is 4.07. The SMILES string of the molecule is CC(C)(C)CCCN1CCN(CC(=O)C(C)(C)C)CC1. The predicted molar refractivity (Wildman–Crippen MR) is 86.0 cm³/mol. The molecule has 0 bridgehead atoms. The average molecular weight is 282 g/mol. The van der Waals surface area contributed by atoms with Gasteiger partial charge in [0.05, 0.1) is 6.54 Å². The number of hydrogen-bond donors (Lipinski definition) is 0. The zero-order chi connectivity index (χ0) is 15.4. The van der Waals surface area contributed by atoms with Crippen molar-refractivity contribution < 1.29 is 4.79 Å². The molecule has 0 amide bonds. The first kappa shape index (κ1) is 17.6. The molecule has 0 aromatic carbocycles. The van der Waals surface area contributed by atoms with Crippen LogP contribution in [-0.4, -0.2) is 54.9 Å². The van der Waals surface area contributed by atoms with E-state index in [0.717, 1.165) is 26.2 Å². The first-order valence-corrected chi connectivity index (χ1v) is 8.06. The highest BCUT2D eigenvalue weighted by Crippen LogP contribution is 2.21. The molecule has 0 atom stereocenters. The lowest BCUT2D eigenvalue weighted by molar-refractivity contribution is -0.127. The van der Waals surface area contributed by atoms with Crippen LogP contribution in [0, 0.1) is 10.8 Å². The summed E-state index contributed by atoms with van der Waals surface area (Å²) in [5.74, 6) is 0.360. The fourth-order valence-corrected chi connectivity index (χ4v) is 2.44. The molecule has 1 saturated heterocycles. The molecule has 0 aromatic heterocycles. The van der Waals surface area contributed by atoms with Gasteiger partial charge in [-0.15, -0.1) is 0 Å². The minimum absolute atomic E-state index is 0.205. The Kier molecular flexibility index (Phi) is 6.21. The molecule has 0 spiro atoms. The predicted octanol–water partition coefficient (Wildman–Crippen LogP) is 3.05. The van der Waals surface area contributed by atoms with Crippen molar-refractivity contribution in [2.45, 2.75) is 54.4 Å². The maximum absolute atomic E-state index is 12.0. The van der Waals surface area contributed by atoms with Crippen LogP contribution in [-0.2, 0) is 4.79 Å². The monoisotopic (exact) mass is 282 g/mol. The van der Waals surface area contributed by atoms with Crippen molar-refractivity contribution in [3.63, 3.8) is 0 Å². The number of nitrogens with zero attached hydrogens (tertiary/aromatic N) is 2. The molecule has 20 heavy (non-hydrogen) atoms. The van der Waals surface area contributed by atoms with Crippen LogP contribution < -0.4 is 0 Å². The van der Waals surface area contributed by atoms with Gasteiger partial charge < -0.3 is 4.90 Å². The summed E-state index contributed by atoms with van der Waals surface area (Å²) in [5, 5.41) is 0. The van der Waals surface area contributed by atoms with E-state index in [9.17, 15) is 4.79 Å².